The summed E-state index contributed by atoms with van der Waals surface area (Å²) in [6, 6.07) is -0.298. The van der Waals surface area contributed by atoms with Crippen molar-refractivity contribution in [2.45, 2.75) is 73.0 Å². The highest BCUT2D eigenvalue weighted by atomic mass is 19.1. The van der Waals surface area contributed by atoms with Gasteiger partial charge in [-0.15, -0.1) is 0 Å². The number of aliphatic imine (C=N–C) groups is 2. The molecule has 0 fully saturated rings. The highest BCUT2D eigenvalue weighted by Gasteiger charge is 2.28. The first-order valence-corrected chi connectivity index (χ1v) is 14.1. The monoisotopic (exact) mass is 565 g/mol. The van der Waals surface area contributed by atoms with Gasteiger partial charge in [-0.3, -0.25) is 14.9 Å². The van der Waals surface area contributed by atoms with E-state index in [-0.39, 0.29) is 11.9 Å². The number of likely N-dealkylation sites (N-methyl/N-ethyl adjacent to an activating group) is 1. The molecule has 0 saturated heterocycles. The van der Waals surface area contributed by atoms with E-state index in [9.17, 15) is 4.79 Å². The molecule has 0 bridgehead atoms. The Morgan fingerprint density at radius 1 is 1.37 bits per heavy atom. The third kappa shape index (κ3) is 10.1. The minimum Gasteiger partial charge on any atom is -0.443 e. The highest BCUT2D eigenvalue weighted by Crippen LogP contribution is 2.33. The van der Waals surface area contributed by atoms with Crippen LogP contribution >= 0.6 is 0 Å². The Morgan fingerprint density at radius 2 is 2.05 bits per heavy atom. The first kappa shape index (κ1) is 33.7. The zero-order valence-corrected chi connectivity index (χ0v) is 26.3. The molecule has 0 aromatic heterocycles. The Kier molecular flexibility index (Phi) is 12.3. The van der Waals surface area contributed by atoms with Crippen LogP contribution in [0.4, 0.5) is 9.18 Å². The van der Waals surface area contributed by atoms with Crippen LogP contribution in [0.2, 0.25) is 0 Å². The SMILES string of the molecule is C=C(C)N(C)C/C(C)=C/C(CC(N)/C=C1/C=C(C2=C(C)/C(=C/C)N(C(=O)OC(C)(C)C)CCN=C2)C(F)=CC1)=NC. The van der Waals surface area contributed by atoms with E-state index in [2.05, 4.69) is 34.5 Å². The van der Waals surface area contributed by atoms with Gasteiger partial charge in [-0.05, 0) is 84.3 Å². The molecule has 8 heteroatoms. The van der Waals surface area contributed by atoms with Crippen molar-refractivity contribution in [1.29, 1.82) is 0 Å². The molecule has 0 aromatic rings. The maximum Gasteiger partial charge on any atom is 0.414 e. The number of amides is 1. The average molecular weight is 566 g/mol. The average Bonchev–Trinajstić information content (AvgIpc) is 2.86. The van der Waals surface area contributed by atoms with Crippen molar-refractivity contribution in [3.63, 3.8) is 0 Å². The predicted octanol–water partition coefficient (Wildman–Crippen LogP) is 6.84. The summed E-state index contributed by atoms with van der Waals surface area (Å²) in [5, 5.41) is 0. The number of carbonyl (C=O) groups excluding carboxylic acids is 1. The molecule has 2 aliphatic rings. The van der Waals surface area contributed by atoms with Gasteiger partial charge in [0.1, 0.15) is 11.4 Å². The molecule has 1 aliphatic heterocycles. The zero-order valence-electron chi connectivity index (χ0n) is 26.3. The second-order valence-corrected chi connectivity index (χ2v) is 11.6. The zero-order chi connectivity index (χ0) is 30.9. The lowest BCUT2D eigenvalue weighted by Crippen LogP contribution is -2.38. The van der Waals surface area contributed by atoms with Crippen LogP contribution in [0.3, 0.4) is 0 Å². The largest absolute Gasteiger partial charge is 0.443 e. The van der Waals surface area contributed by atoms with Gasteiger partial charge in [0.2, 0.25) is 0 Å². The normalized spacial score (nSPS) is 20.0. The molecule has 0 spiro atoms. The van der Waals surface area contributed by atoms with Crippen LogP contribution in [0.1, 0.15) is 61.3 Å². The van der Waals surface area contributed by atoms with Crippen LogP contribution in [0.25, 0.3) is 0 Å². The molecule has 0 saturated carbocycles. The third-order valence-electron chi connectivity index (χ3n) is 6.75. The first-order chi connectivity index (χ1) is 19.2. The molecule has 1 heterocycles. The Hall–Kier alpha value is -3.52. The minimum atomic E-state index is -0.640. The third-order valence-corrected chi connectivity index (χ3v) is 6.75. The Morgan fingerprint density at radius 3 is 2.63 bits per heavy atom. The van der Waals surface area contributed by atoms with Crippen LogP contribution in [-0.2, 0) is 4.74 Å². The van der Waals surface area contributed by atoms with Gasteiger partial charge in [-0.25, -0.2) is 9.18 Å². The minimum absolute atomic E-state index is 0.298. The molecule has 2 rings (SSSR count). The van der Waals surface area contributed by atoms with E-state index in [4.69, 9.17) is 10.5 Å². The van der Waals surface area contributed by atoms with Gasteiger partial charge < -0.3 is 15.4 Å². The second-order valence-electron chi connectivity index (χ2n) is 11.6. The first-order valence-electron chi connectivity index (χ1n) is 14.1. The summed E-state index contributed by atoms with van der Waals surface area (Å²) in [6.07, 6.45) is 11.5. The maximum absolute atomic E-state index is 15.3. The molecule has 0 aromatic carbocycles. The van der Waals surface area contributed by atoms with Gasteiger partial charge in [0.05, 0.1) is 6.54 Å². The van der Waals surface area contributed by atoms with Crippen molar-refractivity contribution < 1.29 is 13.9 Å². The Labute approximate surface area is 246 Å². The molecule has 1 amide bonds. The number of rotatable bonds is 8. The summed E-state index contributed by atoms with van der Waals surface area (Å²) in [6.45, 7) is 18.7. The smallest absolute Gasteiger partial charge is 0.414 e. The number of halogens is 1. The maximum atomic E-state index is 15.3. The van der Waals surface area contributed by atoms with Crippen molar-refractivity contribution in [1.82, 2.24) is 9.80 Å². The number of allylic oxidation sites excluding steroid dienone is 10. The van der Waals surface area contributed by atoms with E-state index in [1.165, 1.54) is 0 Å². The molecular formula is C33H48FN5O2. The molecule has 41 heavy (non-hydrogen) atoms. The standard InChI is InChI=1S/C33H48FN5O2/c1-11-31-24(5)29(20-37-14-15-39(31)32(40)41-33(6,7)8)28-18-25(12-13-30(28)34)17-26(35)19-27(36-9)16-23(4)21-38(10)22(2)3/h11,13,16-18,20,26H,2,12,14-15,19,21,35H2,1,3-10H3/b23-16+,25-17+,29-24?,31-11-,36-27?,37-20?. The molecule has 7 nitrogen and oxygen atoms in total. The quantitative estimate of drug-likeness (QED) is 0.327. The summed E-state index contributed by atoms with van der Waals surface area (Å²) in [4.78, 5) is 25.6. The lowest BCUT2D eigenvalue weighted by molar-refractivity contribution is 0.0321. The summed E-state index contributed by atoms with van der Waals surface area (Å²) < 4.78 is 20.9. The Balaban J connectivity index is 2.36. The van der Waals surface area contributed by atoms with E-state index in [0.717, 1.165) is 34.7 Å². The fraction of sp³-hybridized carbons (Fsp3) is 0.485. The van der Waals surface area contributed by atoms with Crippen molar-refractivity contribution in [2.24, 2.45) is 15.7 Å². The van der Waals surface area contributed by atoms with Crippen molar-refractivity contribution in [3.8, 4) is 0 Å². The van der Waals surface area contributed by atoms with Crippen molar-refractivity contribution in [2.75, 3.05) is 33.7 Å². The molecule has 1 aliphatic carbocycles. The fourth-order valence-corrected chi connectivity index (χ4v) is 4.60. The molecule has 0 radical (unpaired) electrons. The molecule has 1 unspecified atom stereocenters. The number of ether oxygens (including phenoxy) is 1. The van der Waals surface area contributed by atoms with Crippen molar-refractivity contribution in [3.05, 3.63) is 82.0 Å². The van der Waals surface area contributed by atoms with E-state index in [1.54, 1.807) is 24.2 Å². The van der Waals surface area contributed by atoms with Crippen LogP contribution < -0.4 is 5.73 Å². The molecule has 2 N–H and O–H groups in total. The molecule has 224 valence electrons. The highest BCUT2D eigenvalue weighted by molar-refractivity contribution is 5.96. The Bertz CT molecular complexity index is 1250. The van der Waals surface area contributed by atoms with E-state index >= 15 is 4.39 Å². The predicted molar refractivity (Wildman–Crippen MR) is 170 cm³/mol. The van der Waals surface area contributed by atoms with Gasteiger partial charge in [0.25, 0.3) is 0 Å². The van der Waals surface area contributed by atoms with Gasteiger partial charge in [0.15, 0.2) is 0 Å². The van der Waals surface area contributed by atoms with E-state index in [1.807, 2.05) is 66.8 Å². The van der Waals surface area contributed by atoms with E-state index in [0.29, 0.717) is 42.8 Å². The van der Waals surface area contributed by atoms with Gasteiger partial charge in [-0.2, -0.15) is 0 Å². The second kappa shape index (κ2) is 14.9. The topological polar surface area (TPSA) is 83.5 Å². The number of nitrogens with two attached hydrogens (primary N) is 1. The van der Waals surface area contributed by atoms with Crippen LogP contribution in [0, 0.1) is 0 Å². The van der Waals surface area contributed by atoms with Gasteiger partial charge in [0, 0.05) is 74.1 Å². The van der Waals surface area contributed by atoms with Gasteiger partial charge >= 0.3 is 6.09 Å². The summed E-state index contributed by atoms with van der Waals surface area (Å²) in [7, 11) is 3.77. The van der Waals surface area contributed by atoms with Crippen LogP contribution in [0.15, 0.2) is 92.0 Å². The van der Waals surface area contributed by atoms with Crippen LogP contribution in [-0.4, -0.2) is 73.2 Å². The lowest BCUT2D eigenvalue weighted by Gasteiger charge is -2.31. The molecular weight excluding hydrogens is 517 g/mol. The summed E-state index contributed by atoms with van der Waals surface area (Å²) in [5.74, 6) is -0.327. The summed E-state index contributed by atoms with van der Waals surface area (Å²) >= 11 is 0. The van der Waals surface area contributed by atoms with Gasteiger partial charge in [-0.1, -0.05) is 24.3 Å². The fourth-order valence-electron chi connectivity index (χ4n) is 4.60. The van der Waals surface area contributed by atoms with Crippen LogP contribution in [0.5, 0.6) is 0 Å². The van der Waals surface area contributed by atoms with E-state index < -0.39 is 11.7 Å². The number of hydrogen-bond donors (Lipinski definition) is 1. The number of nitrogens with zero attached hydrogens (tertiary/aromatic N) is 4. The molecule has 1 atom stereocenters. The van der Waals surface area contributed by atoms with Crippen molar-refractivity contribution >= 4 is 18.0 Å². The number of hydrogen-bond acceptors (Lipinski definition) is 6. The number of carbonyl (C=O) groups is 1. The summed E-state index contributed by atoms with van der Waals surface area (Å²) in [5.41, 5.74) is 12.3. The lowest BCUT2D eigenvalue weighted by atomic mass is 9.90.